The maximum atomic E-state index is 11.5. The van der Waals surface area contributed by atoms with Gasteiger partial charge < -0.3 is 15.2 Å². The number of carboxylic acids is 1. The van der Waals surface area contributed by atoms with Crippen LogP contribution in [0.15, 0.2) is 36.5 Å². The van der Waals surface area contributed by atoms with E-state index in [0.29, 0.717) is 0 Å². The van der Waals surface area contributed by atoms with E-state index in [9.17, 15) is 9.59 Å². The molecule has 19 heavy (non-hydrogen) atoms. The molecule has 0 heterocycles. The monoisotopic (exact) mass is 267 g/mol. The third-order valence-corrected chi connectivity index (χ3v) is 1.89. The van der Waals surface area contributed by atoms with Gasteiger partial charge in [0.1, 0.15) is 5.60 Å². The van der Waals surface area contributed by atoms with Crippen LogP contribution in [0.2, 0.25) is 0 Å². The van der Waals surface area contributed by atoms with Crippen LogP contribution in [-0.4, -0.2) is 28.8 Å². The second-order valence-electron chi connectivity index (χ2n) is 4.88. The van der Waals surface area contributed by atoms with Gasteiger partial charge in [-0.25, -0.2) is 9.59 Å². The van der Waals surface area contributed by atoms with Gasteiger partial charge in [0.05, 0.1) is 0 Å². The van der Waals surface area contributed by atoms with Crippen molar-refractivity contribution in [3.05, 3.63) is 36.5 Å². The standard InChI is InChI=1S/C14H21NO4/c1-6-7-8-9-10(2)11(12(16)17)15-13(18)19-14(3,4)5/h6-9,11H,2H2,1,3-5H3,(H,15,18)(H,16,17)/b7-6-,9-8-/t11-/m1/s1. The van der Waals surface area contributed by atoms with E-state index in [1.54, 1.807) is 39.0 Å². The van der Waals surface area contributed by atoms with Crippen molar-refractivity contribution in [1.82, 2.24) is 5.32 Å². The predicted molar refractivity (Wildman–Crippen MR) is 73.9 cm³/mol. The first-order chi connectivity index (χ1) is 8.67. The quantitative estimate of drug-likeness (QED) is 0.751. The van der Waals surface area contributed by atoms with Crippen molar-refractivity contribution in [2.45, 2.75) is 39.3 Å². The second-order valence-corrected chi connectivity index (χ2v) is 4.88. The molecule has 0 spiro atoms. The van der Waals surface area contributed by atoms with Gasteiger partial charge in [-0.3, -0.25) is 0 Å². The van der Waals surface area contributed by atoms with E-state index < -0.39 is 23.7 Å². The van der Waals surface area contributed by atoms with E-state index in [0.717, 1.165) is 0 Å². The van der Waals surface area contributed by atoms with Crippen molar-refractivity contribution in [3.8, 4) is 0 Å². The summed E-state index contributed by atoms with van der Waals surface area (Å²) in [5, 5.41) is 11.3. The van der Waals surface area contributed by atoms with E-state index in [4.69, 9.17) is 9.84 Å². The summed E-state index contributed by atoms with van der Waals surface area (Å²) in [5.74, 6) is -1.19. The normalized spacial score (nSPS) is 13.5. The predicted octanol–water partition coefficient (Wildman–Crippen LogP) is 2.65. The molecule has 0 aromatic carbocycles. The Morgan fingerprint density at radius 3 is 2.32 bits per heavy atom. The molecule has 1 atom stereocenters. The minimum atomic E-state index is -1.21. The summed E-state index contributed by atoms with van der Waals surface area (Å²) in [6.07, 6.45) is 5.91. The van der Waals surface area contributed by atoms with E-state index in [2.05, 4.69) is 11.9 Å². The summed E-state index contributed by atoms with van der Waals surface area (Å²) < 4.78 is 5.00. The molecule has 0 aromatic heterocycles. The molecular formula is C14H21NO4. The SMILES string of the molecule is C=C(/C=C\C=C/C)[C@@H](NC(=O)OC(C)(C)C)C(=O)O. The molecule has 0 aliphatic carbocycles. The number of aliphatic carboxylic acids is 1. The molecule has 1 amide bonds. The van der Waals surface area contributed by atoms with Gasteiger partial charge in [0, 0.05) is 0 Å². The lowest BCUT2D eigenvalue weighted by molar-refractivity contribution is -0.138. The van der Waals surface area contributed by atoms with Crippen LogP contribution in [0.1, 0.15) is 27.7 Å². The number of carbonyl (C=O) groups excluding carboxylic acids is 1. The van der Waals surface area contributed by atoms with Crippen molar-refractivity contribution in [1.29, 1.82) is 0 Å². The first-order valence-electron chi connectivity index (χ1n) is 5.88. The number of amides is 1. The van der Waals surface area contributed by atoms with E-state index in [1.165, 1.54) is 6.08 Å². The molecule has 5 heteroatoms. The third-order valence-electron chi connectivity index (χ3n) is 1.89. The molecule has 0 saturated carbocycles. The zero-order valence-corrected chi connectivity index (χ0v) is 11.8. The number of hydrogen-bond acceptors (Lipinski definition) is 3. The number of hydrogen-bond donors (Lipinski definition) is 2. The highest BCUT2D eigenvalue weighted by molar-refractivity contribution is 5.83. The summed E-state index contributed by atoms with van der Waals surface area (Å²) in [6, 6.07) is -1.21. The summed E-state index contributed by atoms with van der Waals surface area (Å²) >= 11 is 0. The van der Waals surface area contributed by atoms with Gasteiger partial charge in [0.15, 0.2) is 6.04 Å². The smallest absolute Gasteiger partial charge is 0.408 e. The molecule has 0 aromatic rings. The Hall–Kier alpha value is -2.04. The molecule has 0 unspecified atom stereocenters. The lowest BCUT2D eigenvalue weighted by atomic mass is 10.1. The Labute approximate surface area is 113 Å². The van der Waals surface area contributed by atoms with Crippen LogP contribution in [0.5, 0.6) is 0 Å². The largest absolute Gasteiger partial charge is 0.479 e. The van der Waals surface area contributed by atoms with Gasteiger partial charge in [-0.1, -0.05) is 30.9 Å². The second kappa shape index (κ2) is 7.41. The minimum Gasteiger partial charge on any atom is -0.479 e. The molecule has 2 N–H and O–H groups in total. The van der Waals surface area contributed by atoms with Crippen LogP contribution >= 0.6 is 0 Å². The van der Waals surface area contributed by atoms with Crippen molar-refractivity contribution >= 4 is 12.1 Å². The van der Waals surface area contributed by atoms with Gasteiger partial charge in [0.25, 0.3) is 0 Å². The van der Waals surface area contributed by atoms with Crippen LogP contribution in [0.3, 0.4) is 0 Å². The van der Waals surface area contributed by atoms with Crippen LogP contribution in [0, 0.1) is 0 Å². The molecule has 0 rings (SSSR count). The van der Waals surface area contributed by atoms with Crippen LogP contribution < -0.4 is 5.32 Å². The average Bonchev–Trinajstić information content (AvgIpc) is 2.23. The summed E-state index contributed by atoms with van der Waals surface area (Å²) in [7, 11) is 0. The lowest BCUT2D eigenvalue weighted by Crippen LogP contribution is -2.44. The zero-order chi connectivity index (χ0) is 15.1. The Balaban J connectivity index is 4.71. The maximum Gasteiger partial charge on any atom is 0.408 e. The van der Waals surface area contributed by atoms with Crippen LogP contribution in [-0.2, 0) is 9.53 Å². The number of ether oxygens (including phenoxy) is 1. The number of allylic oxidation sites excluding steroid dienone is 3. The summed E-state index contributed by atoms with van der Waals surface area (Å²) in [6.45, 7) is 10.6. The van der Waals surface area contributed by atoms with Gasteiger partial charge >= 0.3 is 12.1 Å². The molecule has 0 fully saturated rings. The van der Waals surface area contributed by atoms with Gasteiger partial charge in [-0.2, -0.15) is 0 Å². The van der Waals surface area contributed by atoms with Crippen molar-refractivity contribution in [3.63, 3.8) is 0 Å². The van der Waals surface area contributed by atoms with E-state index >= 15 is 0 Å². The first-order valence-corrected chi connectivity index (χ1v) is 5.88. The third kappa shape index (κ3) is 7.81. The van der Waals surface area contributed by atoms with Gasteiger partial charge in [-0.15, -0.1) is 0 Å². The number of carboxylic acid groups (broad SMARTS) is 1. The van der Waals surface area contributed by atoms with Crippen LogP contribution in [0.4, 0.5) is 4.79 Å². The summed E-state index contributed by atoms with van der Waals surface area (Å²) in [4.78, 5) is 22.6. The number of alkyl carbamates (subject to hydrolysis) is 1. The average molecular weight is 267 g/mol. The molecule has 5 nitrogen and oxygen atoms in total. The molecule has 0 radical (unpaired) electrons. The molecule has 0 aliphatic rings. The zero-order valence-electron chi connectivity index (χ0n) is 11.8. The van der Waals surface area contributed by atoms with Crippen molar-refractivity contribution < 1.29 is 19.4 Å². The van der Waals surface area contributed by atoms with Crippen molar-refractivity contribution in [2.75, 3.05) is 0 Å². The fourth-order valence-electron chi connectivity index (χ4n) is 1.12. The van der Waals surface area contributed by atoms with E-state index in [1.807, 2.05) is 6.92 Å². The Bertz CT molecular complexity index is 402. The van der Waals surface area contributed by atoms with Gasteiger partial charge in [0.2, 0.25) is 0 Å². The van der Waals surface area contributed by atoms with Gasteiger partial charge in [-0.05, 0) is 33.3 Å². The summed E-state index contributed by atoms with van der Waals surface area (Å²) in [5.41, 5.74) is -0.425. The Kier molecular flexibility index (Phi) is 6.61. The highest BCUT2D eigenvalue weighted by atomic mass is 16.6. The molecule has 0 bridgehead atoms. The maximum absolute atomic E-state index is 11.5. The fraction of sp³-hybridized carbons (Fsp3) is 0.429. The topological polar surface area (TPSA) is 75.6 Å². The molecular weight excluding hydrogens is 246 g/mol. The number of rotatable bonds is 5. The Morgan fingerprint density at radius 1 is 1.32 bits per heavy atom. The van der Waals surface area contributed by atoms with Crippen molar-refractivity contribution in [2.24, 2.45) is 0 Å². The highest BCUT2D eigenvalue weighted by Gasteiger charge is 2.24. The molecule has 0 saturated heterocycles. The first kappa shape index (κ1) is 17.0. The Morgan fingerprint density at radius 2 is 1.89 bits per heavy atom. The molecule has 106 valence electrons. The fourth-order valence-corrected chi connectivity index (χ4v) is 1.12. The minimum absolute atomic E-state index is 0.261. The number of nitrogens with one attached hydrogen (secondary N) is 1. The highest BCUT2D eigenvalue weighted by Crippen LogP contribution is 2.09. The number of carbonyl (C=O) groups is 2. The molecule has 0 aliphatic heterocycles. The lowest BCUT2D eigenvalue weighted by Gasteiger charge is -2.22. The van der Waals surface area contributed by atoms with E-state index in [-0.39, 0.29) is 5.57 Å². The van der Waals surface area contributed by atoms with Crippen LogP contribution in [0.25, 0.3) is 0 Å².